The molecule has 0 unspecified atom stereocenters. The highest BCUT2D eigenvalue weighted by Crippen LogP contribution is 2.31. The standard InChI is InChI=1S/C12H18BrN3O2/c1-7-9(6-8(13)10(14)15-7)16(11(17)18-5)12(2,3)4/h6H,1-5H3,(H2,14,15). The van der Waals surface area contributed by atoms with Crippen LogP contribution in [0.2, 0.25) is 0 Å². The normalized spacial score (nSPS) is 11.2. The van der Waals surface area contributed by atoms with Gasteiger partial charge in [0.05, 0.1) is 23.0 Å². The minimum absolute atomic E-state index is 0.398. The van der Waals surface area contributed by atoms with Crippen molar-refractivity contribution >= 4 is 33.5 Å². The lowest BCUT2D eigenvalue weighted by molar-refractivity contribution is 0.172. The van der Waals surface area contributed by atoms with Crippen LogP contribution in [-0.4, -0.2) is 23.7 Å². The van der Waals surface area contributed by atoms with E-state index in [9.17, 15) is 4.79 Å². The molecule has 1 amide bonds. The molecule has 2 N–H and O–H groups in total. The van der Waals surface area contributed by atoms with Crippen molar-refractivity contribution < 1.29 is 9.53 Å². The molecule has 0 aliphatic rings. The molecule has 0 aliphatic heterocycles. The summed E-state index contributed by atoms with van der Waals surface area (Å²) in [7, 11) is 1.36. The quantitative estimate of drug-likeness (QED) is 0.864. The van der Waals surface area contributed by atoms with Crippen LogP contribution in [0.1, 0.15) is 26.5 Å². The first-order valence-corrected chi connectivity index (χ1v) is 6.28. The fourth-order valence-electron chi connectivity index (χ4n) is 1.64. The molecule has 1 aromatic heterocycles. The molecule has 0 bridgehead atoms. The molecule has 1 aromatic rings. The van der Waals surface area contributed by atoms with Gasteiger partial charge in [-0.05, 0) is 49.7 Å². The summed E-state index contributed by atoms with van der Waals surface area (Å²) < 4.78 is 5.48. The Hall–Kier alpha value is -1.30. The van der Waals surface area contributed by atoms with Gasteiger partial charge in [0.1, 0.15) is 5.82 Å². The van der Waals surface area contributed by atoms with Crippen LogP contribution >= 0.6 is 15.9 Å². The van der Waals surface area contributed by atoms with Crippen LogP contribution in [0.4, 0.5) is 16.3 Å². The lowest BCUT2D eigenvalue weighted by Crippen LogP contribution is -2.46. The zero-order valence-electron chi connectivity index (χ0n) is 11.2. The number of rotatable bonds is 1. The molecule has 0 radical (unpaired) electrons. The fraction of sp³-hybridized carbons (Fsp3) is 0.500. The molecule has 6 heteroatoms. The summed E-state index contributed by atoms with van der Waals surface area (Å²) in [6.07, 6.45) is -0.427. The summed E-state index contributed by atoms with van der Waals surface area (Å²) in [6, 6.07) is 1.78. The zero-order chi connectivity index (χ0) is 14.1. The van der Waals surface area contributed by atoms with Crippen LogP contribution in [0.3, 0.4) is 0 Å². The van der Waals surface area contributed by atoms with Gasteiger partial charge in [0.25, 0.3) is 0 Å². The Morgan fingerprint density at radius 2 is 2.06 bits per heavy atom. The van der Waals surface area contributed by atoms with Crippen molar-refractivity contribution in [3.8, 4) is 0 Å². The van der Waals surface area contributed by atoms with Crippen molar-refractivity contribution in [2.45, 2.75) is 33.2 Å². The molecule has 100 valence electrons. The minimum atomic E-state index is -0.427. The number of amides is 1. The second-order valence-corrected chi connectivity index (χ2v) is 5.79. The van der Waals surface area contributed by atoms with Crippen molar-refractivity contribution in [1.82, 2.24) is 4.98 Å². The third-order valence-corrected chi connectivity index (χ3v) is 3.07. The maximum atomic E-state index is 11.9. The molecular weight excluding hydrogens is 298 g/mol. The predicted molar refractivity (Wildman–Crippen MR) is 75.7 cm³/mol. The maximum absolute atomic E-state index is 11.9. The number of pyridine rings is 1. The Labute approximate surface area is 115 Å². The SMILES string of the molecule is COC(=O)N(c1cc(Br)c(N)nc1C)C(C)(C)C. The first-order chi connectivity index (χ1) is 8.18. The van der Waals surface area contributed by atoms with Gasteiger partial charge in [0.2, 0.25) is 0 Å². The molecule has 0 aliphatic carbocycles. The van der Waals surface area contributed by atoms with E-state index in [-0.39, 0.29) is 0 Å². The molecule has 0 atom stereocenters. The number of halogens is 1. The Kier molecular flexibility index (Phi) is 4.21. The van der Waals surface area contributed by atoms with E-state index in [0.29, 0.717) is 21.7 Å². The van der Waals surface area contributed by atoms with Gasteiger partial charge in [-0.15, -0.1) is 0 Å². The molecular formula is C12H18BrN3O2. The van der Waals surface area contributed by atoms with Crippen molar-refractivity contribution in [2.75, 3.05) is 17.7 Å². The van der Waals surface area contributed by atoms with E-state index < -0.39 is 11.6 Å². The van der Waals surface area contributed by atoms with Crippen LogP contribution in [0.15, 0.2) is 10.5 Å². The van der Waals surface area contributed by atoms with E-state index in [1.54, 1.807) is 17.9 Å². The Morgan fingerprint density at radius 3 is 2.50 bits per heavy atom. The number of ether oxygens (including phenoxy) is 1. The zero-order valence-corrected chi connectivity index (χ0v) is 12.8. The fourth-order valence-corrected chi connectivity index (χ4v) is 1.95. The molecule has 1 rings (SSSR count). The second kappa shape index (κ2) is 5.14. The highest BCUT2D eigenvalue weighted by molar-refractivity contribution is 9.10. The maximum Gasteiger partial charge on any atom is 0.414 e. The van der Waals surface area contributed by atoms with E-state index >= 15 is 0 Å². The summed E-state index contributed by atoms with van der Waals surface area (Å²) in [5, 5.41) is 0. The van der Waals surface area contributed by atoms with E-state index in [0.717, 1.165) is 0 Å². The van der Waals surface area contributed by atoms with Gasteiger partial charge in [-0.3, -0.25) is 4.90 Å². The summed E-state index contributed by atoms with van der Waals surface area (Å²) in [6.45, 7) is 7.58. The van der Waals surface area contributed by atoms with Gasteiger partial charge < -0.3 is 10.5 Å². The number of hydrogen-bond acceptors (Lipinski definition) is 4. The Bertz CT molecular complexity index is 469. The van der Waals surface area contributed by atoms with Gasteiger partial charge in [-0.25, -0.2) is 9.78 Å². The number of anilines is 2. The largest absolute Gasteiger partial charge is 0.452 e. The van der Waals surface area contributed by atoms with Crippen LogP contribution in [0.5, 0.6) is 0 Å². The monoisotopic (exact) mass is 315 g/mol. The first-order valence-electron chi connectivity index (χ1n) is 5.49. The Morgan fingerprint density at radius 1 is 1.50 bits per heavy atom. The summed E-state index contributed by atoms with van der Waals surface area (Å²) in [5.74, 6) is 0.398. The van der Waals surface area contributed by atoms with E-state index in [1.165, 1.54) is 7.11 Å². The molecule has 0 aromatic carbocycles. The second-order valence-electron chi connectivity index (χ2n) is 4.94. The number of nitrogens with zero attached hydrogens (tertiary/aromatic N) is 2. The number of methoxy groups -OCH3 is 1. The van der Waals surface area contributed by atoms with Gasteiger partial charge in [-0.2, -0.15) is 0 Å². The molecule has 18 heavy (non-hydrogen) atoms. The summed E-state index contributed by atoms with van der Waals surface area (Å²) in [5.41, 5.74) is 6.65. The van der Waals surface area contributed by atoms with Crippen molar-refractivity contribution in [1.29, 1.82) is 0 Å². The highest BCUT2D eigenvalue weighted by atomic mass is 79.9. The molecule has 0 saturated heterocycles. The van der Waals surface area contributed by atoms with Crippen molar-refractivity contribution in [2.24, 2.45) is 0 Å². The third-order valence-electron chi connectivity index (χ3n) is 2.44. The molecule has 0 saturated carbocycles. The van der Waals surface area contributed by atoms with Crippen molar-refractivity contribution in [3.63, 3.8) is 0 Å². The third kappa shape index (κ3) is 2.93. The number of aryl methyl sites for hydroxylation is 1. The van der Waals surface area contributed by atoms with Gasteiger partial charge in [0.15, 0.2) is 0 Å². The topological polar surface area (TPSA) is 68.5 Å². The number of nitrogens with two attached hydrogens (primary N) is 1. The average molecular weight is 316 g/mol. The van der Waals surface area contributed by atoms with E-state index in [1.807, 2.05) is 20.8 Å². The molecule has 1 heterocycles. The molecule has 0 spiro atoms. The van der Waals surface area contributed by atoms with Crippen LogP contribution in [-0.2, 0) is 4.74 Å². The smallest absolute Gasteiger partial charge is 0.414 e. The van der Waals surface area contributed by atoms with Crippen LogP contribution in [0.25, 0.3) is 0 Å². The van der Waals surface area contributed by atoms with Gasteiger partial charge in [-0.1, -0.05) is 0 Å². The highest BCUT2D eigenvalue weighted by Gasteiger charge is 2.30. The van der Waals surface area contributed by atoms with Gasteiger partial charge in [0, 0.05) is 5.54 Å². The van der Waals surface area contributed by atoms with E-state index in [4.69, 9.17) is 10.5 Å². The Balaban J connectivity index is 3.39. The number of carbonyl (C=O) groups excluding carboxylic acids is 1. The molecule has 5 nitrogen and oxygen atoms in total. The first kappa shape index (κ1) is 14.8. The van der Waals surface area contributed by atoms with E-state index in [2.05, 4.69) is 20.9 Å². The van der Waals surface area contributed by atoms with Gasteiger partial charge >= 0.3 is 6.09 Å². The number of nitrogen functional groups attached to an aromatic ring is 1. The van der Waals surface area contributed by atoms with Crippen LogP contribution < -0.4 is 10.6 Å². The predicted octanol–water partition coefficient (Wildman–Crippen LogP) is 3.11. The number of aromatic nitrogens is 1. The summed E-state index contributed by atoms with van der Waals surface area (Å²) >= 11 is 3.32. The van der Waals surface area contributed by atoms with Crippen molar-refractivity contribution in [3.05, 3.63) is 16.2 Å². The number of hydrogen-bond donors (Lipinski definition) is 1. The summed E-state index contributed by atoms with van der Waals surface area (Å²) in [4.78, 5) is 17.7. The number of carbonyl (C=O) groups is 1. The average Bonchev–Trinajstić information content (AvgIpc) is 2.23. The minimum Gasteiger partial charge on any atom is -0.452 e. The molecule has 0 fully saturated rings. The van der Waals surface area contributed by atoms with Crippen LogP contribution in [0, 0.1) is 6.92 Å². The lowest BCUT2D eigenvalue weighted by atomic mass is 10.1. The lowest BCUT2D eigenvalue weighted by Gasteiger charge is -2.35.